The zero-order valence-electron chi connectivity index (χ0n) is 52.5. The summed E-state index contributed by atoms with van der Waals surface area (Å²) in [6.07, 6.45) is 4.23. The molecule has 7 heteroatoms. The number of rotatable bonds is 16. The van der Waals surface area contributed by atoms with E-state index in [0.29, 0.717) is 0 Å². The molecule has 0 saturated heterocycles. The zero-order chi connectivity index (χ0) is 63.4. The van der Waals surface area contributed by atoms with Crippen LogP contribution in [0.4, 0.5) is 3.02 Å². The van der Waals surface area contributed by atoms with Gasteiger partial charge in [-0.25, -0.2) is 0 Å². The Hall–Kier alpha value is -7.79. The van der Waals surface area contributed by atoms with Gasteiger partial charge >= 0.3 is 47.0 Å². The first-order valence-corrected chi connectivity index (χ1v) is 39.7. The van der Waals surface area contributed by atoms with Crippen molar-refractivity contribution in [1.82, 2.24) is 0 Å². The Labute approximate surface area is 591 Å². The molecule has 0 heterocycles. The first kappa shape index (κ1) is 65.9. The SMILES string of the molecule is [Ag+].[F][Ag].c1ccc([PH+](Cc2ccc3ccc4ccc5ccc(C[PH+](c6ccccc6)c6ccccc6)cc5c4c3c2)c2ccccc2)cc1.c1ccc([PH+](Cc2ccc3ccc4ccc5ccc(C[PH+](c6ccccc6)c6ccccc6)cc5c4c3c2)c2ccccc2)cc1. The maximum atomic E-state index is 9.31. The maximum Gasteiger partial charge on any atom is 0.0970 e. The normalized spacial score (nSPS) is 11.3. The van der Waals surface area contributed by atoms with Gasteiger partial charge in [0.2, 0.25) is 0 Å². The van der Waals surface area contributed by atoms with Gasteiger partial charge in [-0.05, 0) is 208 Å². The second-order valence-electron chi connectivity index (χ2n) is 24.2. The van der Waals surface area contributed by atoms with E-state index in [-0.39, 0.29) is 22.4 Å². The van der Waals surface area contributed by atoms with Crippen LogP contribution >= 0.6 is 31.7 Å². The third-order valence-electron chi connectivity index (χ3n) is 18.4. The van der Waals surface area contributed by atoms with Crippen LogP contribution < -0.4 is 42.4 Å². The Kier molecular flexibility index (Phi) is 22.1. The van der Waals surface area contributed by atoms with Gasteiger partial charge in [0.15, 0.2) is 0 Å². The molecular formula is C88H72Ag2FP4+5. The third kappa shape index (κ3) is 15.3. The van der Waals surface area contributed by atoms with Gasteiger partial charge in [0.25, 0.3) is 0 Å². The summed E-state index contributed by atoms with van der Waals surface area (Å²) >= 11 is 1.45. The van der Waals surface area contributed by atoms with Crippen molar-refractivity contribution in [1.29, 1.82) is 0 Å². The van der Waals surface area contributed by atoms with E-state index in [4.69, 9.17) is 0 Å². The number of fused-ring (bicyclic) bond motifs is 10. The van der Waals surface area contributed by atoms with Gasteiger partial charge in [0, 0.05) is 0 Å². The van der Waals surface area contributed by atoms with Gasteiger partial charge in [-0.3, -0.25) is 0 Å². The summed E-state index contributed by atoms with van der Waals surface area (Å²) in [5.74, 6) is 0. The first-order chi connectivity index (χ1) is 46.6. The Balaban J connectivity index is 0.000000166. The molecule has 468 valence electrons. The summed E-state index contributed by atoms with van der Waals surface area (Å²) in [6.45, 7) is 0. The van der Waals surface area contributed by atoms with Crippen molar-refractivity contribution >= 4 is 139 Å². The number of hydrogen-bond acceptors (Lipinski definition) is 0. The fraction of sp³-hybridized carbons (Fsp3) is 0.0455. The van der Waals surface area contributed by atoms with Crippen molar-refractivity contribution in [3.63, 3.8) is 0 Å². The molecule has 0 aliphatic heterocycles. The van der Waals surface area contributed by atoms with Crippen molar-refractivity contribution in [2.24, 2.45) is 0 Å². The average molecular weight is 1490 g/mol. The quantitative estimate of drug-likeness (QED) is 0.0514. The van der Waals surface area contributed by atoms with E-state index < -0.39 is 31.7 Å². The van der Waals surface area contributed by atoms with Crippen molar-refractivity contribution in [3.8, 4) is 0 Å². The van der Waals surface area contributed by atoms with Crippen LogP contribution in [0.5, 0.6) is 0 Å². The van der Waals surface area contributed by atoms with Gasteiger partial charge in [-0.15, -0.1) is 0 Å². The van der Waals surface area contributed by atoms with Crippen LogP contribution in [0.2, 0.25) is 0 Å². The topological polar surface area (TPSA) is 0 Å². The molecule has 0 amide bonds. The van der Waals surface area contributed by atoms with Crippen LogP contribution in [0.15, 0.2) is 364 Å². The van der Waals surface area contributed by atoms with Crippen molar-refractivity contribution < 1.29 is 47.0 Å². The van der Waals surface area contributed by atoms with Gasteiger partial charge < -0.3 is 0 Å². The molecule has 0 N–H and O–H groups in total. The fourth-order valence-electron chi connectivity index (χ4n) is 13.8. The minimum absolute atomic E-state index is 0. The van der Waals surface area contributed by atoms with Crippen molar-refractivity contribution in [2.45, 2.75) is 24.6 Å². The smallest absolute Gasteiger partial charge is 0.0620 e. The van der Waals surface area contributed by atoms with Crippen LogP contribution in [-0.4, -0.2) is 0 Å². The minimum Gasteiger partial charge on any atom is -0.0620 e. The average Bonchev–Trinajstić information content (AvgIpc) is 0.776. The molecule has 0 aliphatic carbocycles. The van der Waals surface area contributed by atoms with Crippen LogP contribution in [0.25, 0.3) is 64.6 Å². The van der Waals surface area contributed by atoms with Crippen molar-refractivity contribution in [3.05, 3.63) is 386 Å². The molecule has 95 heavy (non-hydrogen) atoms. The molecule has 0 saturated carbocycles. The zero-order valence-corrected chi connectivity index (χ0v) is 59.4. The molecule has 0 fully saturated rings. The standard InChI is InChI=1S/2C44H34P2.2Ag.FH/c2*1-5-13-38(14-6-1)45(39-15-7-2-8-16-39)31-33-21-23-35-25-27-37-28-26-36-24-22-34(30-43(36)44(37)42(35)29-33)32-46(40-17-9-3-10-18-40)41-19-11-4-12-20-41;;;/h2*1-30H,31-32H2;;;1H/q;;2*+1;/p+3. The third-order valence-corrected chi connectivity index (χ3v) is 29.7. The molecule has 0 radical (unpaired) electrons. The second-order valence-corrected chi connectivity index (χ2v) is 34.1. The van der Waals surface area contributed by atoms with Gasteiger partial charge in [-0.2, -0.15) is 0 Å². The molecule has 0 nitrogen and oxygen atoms in total. The molecule has 0 unspecified atom stereocenters. The predicted molar refractivity (Wildman–Crippen MR) is 416 cm³/mol. The van der Waals surface area contributed by atoms with Crippen molar-refractivity contribution in [2.75, 3.05) is 0 Å². The summed E-state index contributed by atoms with van der Waals surface area (Å²) in [5.41, 5.74) is 5.64. The summed E-state index contributed by atoms with van der Waals surface area (Å²) in [7, 11) is -3.93. The van der Waals surface area contributed by atoms with E-state index in [0.717, 1.165) is 24.6 Å². The van der Waals surface area contributed by atoms with E-state index in [9.17, 15) is 3.02 Å². The summed E-state index contributed by atoms with van der Waals surface area (Å²) in [4.78, 5) is 0. The molecule has 0 bridgehead atoms. The van der Waals surface area contributed by atoms with Gasteiger partial charge in [0.05, 0.1) is 98.8 Å². The number of halogens is 1. The largest absolute Gasteiger partial charge is 0.0970 e. The minimum atomic E-state index is -0.983. The predicted octanol–water partition coefficient (Wildman–Crippen LogP) is 20.2. The van der Waals surface area contributed by atoms with Crippen LogP contribution in [0.1, 0.15) is 22.3 Å². The monoisotopic (exact) mass is 1490 g/mol. The molecule has 16 aromatic carbocycles. The van der Waals surface area contributed by atoms with Crippen LogP contribution in [-0.2, 0) is 68.6 Å². The van der Waals surface area contributed by atoms with E-state index in [1.54, 1.807) is 0 Å². The van der Waals surface area contributed by atoms with Crippen LogP contribution in [0, 0.1) is 0 Å². The maximum absolute atomic E-state index is 9.31. The Morgan fingerprint density at radius 2 is 0.337 bits per heavy atom. The first-order valence-electron chi connectivity index (χ1n) is 32.3. The Bertz CT molecular complexity index is 4370. The molecule has 0 aliphatic rings. The summed E-state index contributed by atoms with van der Waals surface area (Å²) in [6, 6.07) is 136. The van der Waals surface area contributed by atoms with E-state index >= 15 is 0 Å². The second kappa shape index (κ2) is 31.8. The van der Waals surface area contributed by atoms with Gasteiger partial charge in [0.1, 0.15) is 0 Å². The molecule has 0 atom stereocenters. The summed E-state index contributed by atoms with van der Waals surface area (Å²) in [5, 5.41) is 27.7. The number of hydrogen-bond donors (Lipinski definition) is 0. The number of benzene rings is 16. The summed E-state index contributed by atoms with van der Waals surface area (Å²) < 4.78 is 9.31. The van der Waals surface area contributed by atoms with E-state index in [1.165, 1.54) is 151 Å². The molecular weight excluding hydrogens is 1420 g/mol. The molecule has 16 aromatic rings. The molecule has 0 spiro atoms. The Morgan fingerprint density at radius 1 is 0.189 bits per heavy atom. The van der Waals surface area contributed by atoms with E-state index in [2.05, 4.69) is 364 Å². The Morgan fingerprint density at radius 3 is 0.505 bits per heavy atom. The molecule has 16 rings (SSSR count). The van der Waals surface area contributed by atoms with Gasteiger partial charge in [-0.1, -0.05) is 243 Å². The van der Waals surface area contributed by atoms with E-state index in [1.807, 2.05) is 0 Å². The van der Waals surface area contributed by atoms with Crippen LogP contribution in [0.3, 0.4) is 0 Å². The fourth-order valence-corrected chi connectivity index (χ4v) is 24.0. The molecule has 0 aromatic heterocycles.